The summed E-state index contributed by atoms with van der Waals surface area (Å²) < 4.78 is 69.8. The number of pyridine rings is 1. The summed E-state index contributed by atoms with van der Waals surface area (Å²) in [5, 5.41) is 2.51. The van der Waals surface area contributed by atoms with Crippen LogP contribution in [0.15, 0.2) is 41.6 Å². The van der Waals surface area contributed by atoms with Crippen molar-refractivity contribution in [3.05, 3.63) is 58.5 Å². The maximum atomic E-state index is 15.0. The van der Waals surface area contributed by atoms with Crippen molar-refractivity contribution in [2.75, 3.05) is 51.9 Å². The smallest absolute Gasteiger partial charge is 0.369 e. The van der Waals surface area contributed by atoms with Gasteiger partial charge in [-0.2, -0.15) is 0 Å². The maximum absolute atomic E-state index is 15.0. The van der Waals surface area contributed by atoms with E-state index in [0.717, 1.165) is 12.8 Å². The van der Waals surface area contributed by atoms with Crippen molar-refractivity contribution >= 4 is 33.1 Å². The van der Waals surface area contributed by atoms with E-state index in [4.69, 9.17) is 22.8 Å². The Morgan fingerprint density at radius 2 is 1.53 bits per heavy atom. The SMILES string of the molecule is CCCCN(CCc1cc(C=C(P(=O)(OCC)OCC)P(=O)(OCC)OCC)ccc1F)C(=O)Nc1ccc(OC)cn1. The lowest BCUT2D eigenvalue weighted by Crippen LogP contribution is -2.37. The fraction of sp³-hybridized carbons (Fsp3) is 0.517. The third kappa shape index (κ3) is 10.8. The molecule has 0 bridgehead atoms. The van der Waals surface area contributed by atoms with Crippen LogP contribution >= 0.6 is 15.2 Å². The molecule has 14 heteroatoms. The molecule has 0 unspecified atom stereocenters. The number of amides is 2. The fourth-order valence-electron chi connectivity index (χ4n) is 4.04. The van der Waals surface area contributed by atoms with Gasteiger partial charge in [-0.3, -0.25) is 14.4 Å². The molecule has 0 spiro atoms. The molecule has 2 rings (SSSR count). The van der Waals surface area contributed by atoms with Gasteiger partial charge >= 0.3 is 21.2 Å². The van der Waals surface area contributed by atoms with E-state index in [1.54, 1.807) is 50.8 Å². The van der Waals surface area contributed by atoms with Gasteiger partial charge in [0.2, 0.25) is 0 Å². The molecule has 0 aliphatic carbocycles. The zero-order valence-electron chi connectivity index (χ0n) is 25.8. The van der Waals surface area contributed by atoms with E-state index in [1.165, 1.54) is 31.5 Å². The number of carbonyl (C=O) groups is 1. The lowest BCUT2D eigenvalue weighted by molar-refractivity contribution is 0.210. The van der Waals surface area contributed by atoms with Crippen LogP contribution in [0.25, 0.3) is 6.08 Å². The minimum atomic E-state index is -4.12. The van der Waals surface area contributed by atoms with Gasteiger partial charge in [-0.1, -0.05) is 19.4 Å². The second-order valence-corrected chi connectivity index (χ2v) is 13.5. The molecule has 1 aromatic heterocycles. The molecular formula is C29H44FN3O8P2. The Hall–Kier alpha value is -2.59. The first-order chi connectivity index (χ1) is 20.6. The fourth-order valence-corrected chi connectivity index (χ4v) is 8.58. The summed E-state index contributed by atoms with van der Waals surface area (Å²) in [6, 6.07) is 7.21. The standard InChI is InChI=1S/C29H44FN3O8P2/c1-7-12-18-33(29(34)32-27-16-14-25(37-6)22-31-27)19-17-24-20-23(13-15-26(24)30)21-28(42(35,38-8-2)39-9-3)43(36,40-10-4)41-11-5/h13-16,20-22H,7-12,17-19H2,1-6H3,(H,31,32,34). The van der Waals surface area contributed by atoms with E-state index < -0.39 is 21.0 Å². The molecule has 1 heterocycles. The Bertz CT molecular complexity index is 1240. The highest BCUT2D eigenvalue weighted by Crippen LogP contribution is 2.74. The van der Waals surface area contributed by atoms with Crippen molar-refractivity contribution in [1.82, 2.24) is 9.88 Å². The number of aromatic nitrogens is 1. The summed E-state index contributed by atoms with van der Waals surface area (Å²) in [7, 11) is -6.71. The topological polar surface area (TPSA) is 126 Å². The number of hydrogen-bond donors (Lipinski definition) is 1. The van der Waals surface area contributed by atoms with Crippen LogP contribution in [0.5, 0.6) is 5.75 Å². The molecule has 1 aromatic carbocycles. The van der Waals surface area contributed by atoms with Gasteiger partial charge in [0, 0.05) is 13.1 Å². The zero-order chi connectivity index (χ0) is 31.9. The summed E-state index contributed by atoms with van der Waals surface area (Å²) in [6.45, 7) is 9.30. The molecule has 0 fully saturated rings. The number of hydrogen-bond acceptors (Lipinski definition) is 9. The Morgan fingerprint density at radius 3 is 2.02 bits per heavy atom. The first-order valence-corrected chi connectivity index (χ1v) is 17.5. The monoisotopic (exact) mass is 643 g/mol. The normalized spacial score (nSPS) is 11.7. The number of nitrogens with zero attached hydrogens (tertiary/aromatic N) is 2. The number of rotatable bonds is 19. The summed E-state index contributed by atoms with van der Waals surface area (Å²) in [4.78, 5) is 18.9. The number of nitrogens with one attached hydrogen (secondary N) is 1. The van der Waals surface area contributed by atoms with Gasteiger partial charge in [0.1, 0.15) is 17.4 Å². The Labute approximate surface area is 254 Å². The zero-order valence-corrected chi connectivity index (χ0v) is 27.6. The number of anilines is 1. The minimum absolute atomic E-state index is 0.0171. The summed E-state index contributed by atoms with van der Waals surface area (Å²) >= 11 is 0. The summed E-state index contributed by atoms with van der Waals surface area (Å²) in [6.07, 6.45) is 4.66. The largest absolute Gasteiger partial charge is 0.495 e. The number of carbonyl (C=O) groups excluding carboxylic acids is 1. The number of methoxy groups -OCH3 is 1. The quantitative estimate of drug-likeness (QED) is 0.152. The maximum Gasteiger partial charge on any atom is 0.369 e. The lowest BCUT2D eigenvalue weighted by Gasteiger charge is -2.26. The highest BCUT2D eigenvalue weighted by Gasteiger charge is 2.45. The first-order valence-electron chi connectivity index (χ1n) is 14.4. The minimum Gasteiger partial charge on any atom is -0.495 e. The van der Waals surface area contributed by atoms with E-state index in [-0.39, 0.29) is 50.5 Å². The molecule has 2 aromatic rings. The average Bonchev–Trinajstić information content (AvgIpc) is 2.98. The molecule has 240 valence electrons. The Balaban J connectivity index is 2.42. The molecular weight excluding hydrogens is 599 g/mol. The number of ether oxygens (including phenoxy) is 1. The number of benzene rings is 1. The second kappa shape index (κ2) is 18.3. The molecule has 11 nitrogen and oxygen atoms in total. The van der Waals surface area contributed by atoms with E-state index in [0.29, 0.717) is 29.2 Å². The lowest BCUT2D eigenvalue weighted by atomic mass is 10.1. The van der Waals surface area contributed by atoms with Gasteiger partial charge in [0.25, 0.3) is 0 Å². The van der Waals surface area contributed by atoms with Crippen LogP contribution in [0.1, 0.15) is 58.6 Å². The number of unbranched alkanes of at least 4 members (excludes halogenated alkanes) is 1. The van der Waals surface area contributed by atoms with Gasteiger partial charge in [0.05, 0.1) is 39.7 Å². The van der Waals surface area contributed by atoms with Crippen LogP contribution in [0, 0.1) is 5.82 Å². The van der Waals surface area contributed by atoms with Crippen LogP contribution in [0.3, 0.4) is 0 Å². The van der Waals surface area contributed by atoms with Crippen molar-refractivity contribution in [1.29, 1.82) is 0 Å². The highest BCUT2D eigenvalue weighted by atomic mass is 31.2. The van der Waals surface area contributed by atoms with Crippen molar-refractivity contribution in [2.45, 2.75) is 53.9 Å². The molecule has 0 aliphatic heterocycles. The van der Waals surface area contributed by atoms with Gasteiger partial charge in [-0.15, -0.1) is 0 Å². The third-order valence-corrected chi connectivity index (χ3v) is 11.3. The Kier molecular flexibility index (Phi) is 15.6. The van der Waals surface area contributed by atoms with Crippen LogP contribution in [-0.2, 0) is 33.6 Å². The predicted molar refractivity (Wildman–Crippen MR) is 166 cm³/mol. The number of urea groups is 1. The molecule has 2 amide bonds. The van der Waals surface area contributed by atoms with Crippen LogP contribution in [0.2, 0.25) is 0 Å². The van der Waals surface area contributed by atoms with E-state index in [1.807, 2.05) is 6.92 Å². The van der Waals surface area contributed by atoms with Gasteiger partial charge < -0.3 is 27.7 Å². The highest BCUT2D eigenvalue weighted by molar-refractivity contribution is 7.79. The Morgan fingerprint density at radius 1 is 0.930 bits per heavy atom. The van der Waals surface area contributed by atoms with Gasteiger partial charge in [0.15, 0.2) is 5.06 Å². The van der Waals surface area contributed by atoms with E-state index in [2.05, 4.69) is 10.3 Å². The first kappa shape index (κ1) is 36.6. The second-order valence-electron chi connectivity index (χ2n) is 9.12. The molecule has 0 saturated heterocycles. The van der Waals surface area contributed by atoms with Crippen molar-refractivity contribution in [2.24, 2.45) is 0 Å². The molecule has 1 N–H and O–H groups in total. The summed E-state index contributed by atoms with van der Waals surface area (Å²) in [5.74, 6) is 0.437. The molecule has 0 aliphatic rings. The van der Waals surface area contributed by atoms with Crippen molar-refractivity contribution in [3.63, 3.8) is 0 Å². The van der Waals surface area contributed by atoms with Gasteiger partial charge in [-0.25, -0.2) is 14.2 Å². The van der Waals surface area contributed by atoms with Gasteiger partial charge in [-0.05, 0) is 82.0 Å². The van der Waals surface area contributed by atoms with Crippen LogP contribution in [0.4, 0.5) is 15.0 Å². The van der Waals surface area contributed by atoms with E-state index in [9.17, 15) is 13.9 Å². The predicted octanol–water partition coefficient (Wildman–Crippen LogP) is 7.94. The van der Waals surface area contributed by atoms with Crippen LogP contribution in [-0.4, -0.2) is 62.5 Å². The van der Waals surface area contributed by atoms with Crippen molar-refractivity contribution < 1.29 is 41.1 Å². The summed E-state index contributed by atoms with van der Waals surface area (Å²) in [5.41, 5.74) is 0.688. The van der Waals surface area contributed by atoms with E-state index >= 15 is 4.39 Å². The van der Waals surface area contributed by atoms with Crippen LogP contribution < -0.4 is 10.1 Å². The number of halogens is 1. The molecule has 0 atom stereocenters. The molecule has 0 saturated carbocycles. The average molecular weight is 644 g/mol. The molecule has 0 radical (unpaired) electrons. The molecule has 43 heavy (non-hydrogen) atoms. The van der Waals surface area contributed by atoms with Crippen molar-refractivity contribution in [3.8, 4) is 5.75 Å². The third-order valence-electron chi connectivity index (χ3n) is 6.05.